The predicted octanol–water partition coefficient (Wildman–Crippen LogP) is 5.59. The van der Waals surface area contributed by atoms with Crippen LogP contribution in [-0.4, -0.2) is 16.2 Å². The molecule has 0 saturated heterocycles. The van der Waals surface area contributed by atoms with Crippen LogP contribution in [0.25, 0.3) is 0 Å². The summed E-state index contributed by atoms with van der Waals surface area (Å²) in [5, 5.41) is 20.7. The summed E-state index contributed by atoms with van der Waals surface area (Å²) in [5.74, 6) is -0.308. The standard InChI is InChI=1S/C14H7Br2F3N2O3/c15-11-2-1-8(4-10(11)14(17,18)19)20-6-7-3-9(21(23)24)5-12(16)13(7)22/h1-6,22H. The van der Waals surface area contributed by atoms with Gasteiger partial charge in [-0.2, -0.15) is 13.2 Å². The van der Waals surface area contributed by atoms with Crippen LogP contribution in [0.5, 0.6) is 5.75 Å². The lowest BCUT2D eigenvalue weighted by molar-refractivity contribution is -0.385. The van der Waals surface area contributed by atoms with Crippen LogP contribution < -0.4 is 0 Å². The first-order chi connectivity index (χ1) is 11.1. The van der Waals surface area contributed by atoms with E-state index in [2.05, 4.69) is 36.9 Å². The van der Waals surface area contributed by atoms with Crippen molar-refractivity contribution in [1.29, 1.82) is 0 Å². The average Bonchev–Trinajstić information content (AvgIpc) is 2.48. The number of phenols is 1. The topological polar surface area (TPSA) is 75.7 Å². The molecule has 24 heavy (non-hydrogen) atoms. The quantitative estimate of drug-likeness (QED) is 0.363. The van der Waals surface area contributed by atoms with Crippen LogP contribution in [0.1, 0.15) is 11.1 Å². The molecule has 0 aliphatic rings. The van der Waals surface area contributed by atoms with Crippen molar-refractivity contribution < 1.29 is 23.2 Å². The van der Waals surface area contributed by atoms with Gasteiger partial charge in [0.1, 0.15) is 5.75 Å². The van der Waals surface area contributed by atoms with E-state index in [1.54, 1.807) is 0 Å². The molecule has 2 rings (SSSR count). The van der Waals surface area contributed by atoms with E-state index in [0.717, 1.165) is 24.4 Å². The number of nitro groups is 1. The lowest BCUT2D eigenvalue weighted by Gasteiger charge is -2.09. The highest BCUT2D eigenvalue weighted by atomic mass is 79.9. The summed E-state index contributed by atoms with van der Waals surface area (Å²) in [6.45, 7) is 0. The van der Waals surface area contributed by atoms with E-state index in [1.165, 1.54) is 12.1 Å². The molecule has 0 bridgehead atoms. The number of alkyl halides is 3. The molecule has 0 heterocycles. The minimum absolute atomic E-state index is 0.00690. The molecule has 10 heteroatoms. The highest BCUT2D eigenvalue weighted by molar-refractivity contribution is 9.10. The fraction of sp³-hybridized carbons (Fsp3) is 0.0714. The van der Waals surface area contributed by atoms with Crippen molar-refractivity contribution in [2.45, 2.75) is 6.18 Å². The maximum atomic E-state index is 12.8. The number of halogens is 5. The van der Waals surface area contributed by atoms with Crippen LogP contribution in [0, 0.1) is 10.1 Å². The number of phenolic OH excluding ortho intramolecular Hbond substituents is 1. The molecule has 0 unspecified atom stereocenters. The van der Waals surface area contributed by atoms with E-state index in [4.69, 9.17) is 0 Å². The Kier molecular flexibility index (Phi) is 5.29. The predicted molar refractivity (Wildman–Crippen MR) is 88.9 cm³/mol. The van der Waals surface area contributed by atoms with Gasteiger partial charge < -0.3 is 5.11 Å². The smallest absolute Gasteiger partial charge is 0.417 e. The van der Waals surface area contributed by atoms with Gasteiger partial charge in [-0.15, -0.1) is 0 Å². The molecule has 0 saturated carbocycles. The van der Waals surface area contributed by atoms with E-state index in [1.807, 2.05) is 0 Å². The Morgan fingerprint density at radius 1 is 1.17 bits per heavy atom. The van der Waals surface area contributed by atoms with Gasteiger partial charge in [0.2, 0.25) is 0 Å². The molecule has 0 atom stereocenters. The van der Waals surface area contributed by atoms with Gasteiger partial charge in [-0.1, -0.05) is 15.9 Å². The molecule has 1 N–H and O–H groups in total. The summed E-state index contributed by atoms with van der Waals surface area (Å²) < 4.78 is 38.5. The lowest BCUT2D eigenvalue weighted by Crippen LogP contribution is -2.05. The molecule has 0 radical (unpaired) electrons. The molecule has 2 aromatic carbocycles. The van der Waals surface area contributed by atoms with Crippen LogP contribution in [0.3, 0.4) is 0 Å². The van der Waals surface area contributed by atoms with Gasteiger partial charge in [0.05, 0.1) is 20.6 Å². The summed E-state index contributed by atoms with van der Waals surface area (Å²) >= 11 is 5.78. The Hall–Kier alpha value is -1.94. The zero-order valence-corrected chi connectivity index (χ0v) is 14.7. The Morgan fingerprint density at radius 2 is 1.83 bits per heavy atom. The zero-order valence-electron chi connectivity index (χ0n) is 11.5. The molecular formula is C14H7Br2F3N2O3. The number of nitrogens with zero attached hydrogens (tertiary/aromatic N) is 2. The highest BCUT2D eigenvalue weighted by Gasteiger charge is 2.33. The van der Waals surface area contributed by atoms with Crippen molar-refractivity contribution in [3.8, 4) is 5.75 Å². The largest absolute Gasteiger partial charge is 0.506 e. The summed E-state index contributed by atoms with van der Waals surface area (Å²) in [7, 11) is 0. The second kappa shape index (κ2) is 6.89. The normalized spacial score (nSPS) is 11.9. The molecule has 0 aliphatic carbocycles. The van der Waals surface area contributed by atoms with Crippen LogP contribution in [0.2, 0.25) is 0 Å². The SMILES string of the molecule is O=[N+]([O-])c1cc(Br)c(O)c(C=Nc2ccc(Br)c(C(F)(F)F)c2)c1. The second-order valence-electron chi connectivity index (χ2n) is 4.54. The summed E-state index contributed by atoms with van der Waals surface area (Å²) in [6.07, 6.45) is -3.50. The molecule has 0 fully saturated rings. The van der Waals surface area contributed by atoms with Gasteiger partial charge in [-0.05, 0) is 34.1 Å². The molecule has 0 spiro atoms. The van der Waals surface area contributed by atoms with Crippen molar-refractivity contribution in [3.05, 3.63) is 60.5 Å². The average molecular weight is 468 g/mol. The van der Waals surface area contributed by atoms with Gasteiger partial charge in [-0.25, -0.2) is 0 Å². The first kappa shape index (κ1) is 18.4. The van der Waals surface area contributed by atoms with Crippen LogP contribution in [0.4, 0.5) is 24.5 Å². The lowest BCUT2D eigenvalue weighted by atomic mass is 10.2. The van der Waals surface area contributed by atoms with Crippen LogP contribution in [0.15, 0.2) is 44.3 Å². The van der Waals surface area contributed by atoms with Gasteiger partial charge in [0.15, 0.2) is 0 Å². The first-order valence-corrected chi connectivity index (χ1v) is 7.76. The molecule has 0 aliphatic heterocycles. The second-order valence-corrected chi connectivity index (χ2v) is 6.25. The van der Waals surface area contributed by atoms with Crippen LogP contribution >= 0.6 is 31.9 Å². The maximum Gasteiger partial charge on any atom is 0.417 e. The Balaban J connectivity index is 2.44. The monoisotopic (exact) mass is 466 g/mol. The Labute approximate surface area is 150 Å². The highest BCUT2D eigenvalue weighted by Crippen LogP contribution is 2.37. The summed E-state index contributed by atoms with van der Waals surface area (Å²) in [5.41, 5.74) is -1.23. The number of rotatable bonds is 3. The number of benzene rings is 2. The van der Waals surface area contributed by atoms with Crippen molar-refractivity contribution in [3.63, 3.8) is 0 Å². The minimum atomic E-state index is -4.55. The Morgan fingerprint density at radius 3 is 2.42 bits per heavy atom. The van der Waals surface area contributed by atoms with E-state index >= 15 is 0 Å². The van der Waals surface area contributed by atoms with E-state index in [-0.39, 0.29) is 31.6 Å². The zero-order chi connectivity index (χ0) is 18.1. The van der Waals surface area contributed by atoms with Crippen molar-refractivity contribution in [2.75, 3.05) is 0 Å². The number of aromatic hydroxyl groups is 1. The fourth-order valence-electron chi connectivity index (χ4n) is 1.76. The number of aliphatic imine (C=N–C) groups is 1. The molecule has 126 valence electrons. The Bertz CT molecular complexity index is 839. The van der Waals surface area contributed by atoms with Crippen LogP contribution in [-0.2, 0) is 6.18 Å². The summed E-state index contributed by atoms with van der Waals surface area (Å²) in [4.78, 5) is 14.0. The molecule has 5 nitrogen and oxygen atoms in total. The number of nitro benzene ring substituents is 1. The van der Waals surface area contributed by atoms with Crippen molar-refractivity contribution in [2.24, 2.45) is 4.99 Å². The van der Waals surface area contributed by atoms with E-state index < -0.39 is 16.7 Å². The third-order valence-corrected chi connectivity index (χ3v) is 4.19. The fourth-order valence-corrected chi connectivity index (χ4v) is 2.70. The number of non-ortho nitro benzene ring substituents is 1. The molecular weight excluding hydrogens is 461 g/mol. The van der Waals surface area contributed by atoms with Gasteiger partial charge in [0, 0.05) is 28.4 Å². The van der Waals surface area contributed by atoms with Gasteiger partial charge in [0.25, 0.3) is 5.69 Å². The van der Waals surface area contributed by atoms with E-state index in [0.29, 0.717) is 0 Å². The van der Waals surface area contributed by atoms with Gasteiger partial charge >= 0.3 is 6.18 Å². The van der Waals surface area contributed by atoms with Crippen molar-refractivity contribution >= 4 is 49.4 Å². The summed E-state index contributed by atoms with van der Waals surface area (Å²) in [6, 6.07) is 5.52. The third kappa shape index (κ3) is 4.12. The third-order valence-electron chi connectivity index (χ3n) is 2.90. The van der Waals surface area contributed by atoms with Gasteiger partial charge in [-0.3, -0.25) is 15.1 Å². The molecule has 0 aromatic heterocycles. The molecule has 0 amide bonds. The maximum absolute atomic E-state index is 12.8. The first-order valence-electron chi connectivity index (χ1n) is 6.17. The van der Waals surface area contributed by atoms with Crippen molar-refractivity contribution in [1.82, 2.24) is 0 Å². The number of hydrogen-bond acceptors (Lipinski definition) is 4. The van der Waals surface area contributed by atoms with E-state index in [9.17, 15) is 28.4 Å². The molecule has 2 aromatic rings. The number of hydrogen-bond donors (Lipinski definition) is 1. The minimum Gasteiger partial charge on any atom is -0.506 e.